The maximum atomic E-state index is 12.9. The molecule has 0 aromatic carbocycles. The van der Waals surface area contributed by atoms with E-state index < -0.39 is 0 Å². The molecule has 1 atom stereocenters. The zero-order valence-corrected chi connectivity index (χ0v) is 15.5. The van der Waals surface area contributed by atoms with E-state index in [4.69, 9.17) is 0 Å². The first-order valence-corrected chi connectivity index (χ1v) is 9.33. The number of rotatable bonds is 4. The monoisotopic (exact) mass is 361 g/mol. The standard InChI is InChI=1S/C21H23N5O/c1-16-5-2-8-19(24-16)21(27)26-11-4-7-18(15-26)20-23-10-12-25(20)14-17-6-3-9-22-13-17/h2-3,5-6,8-10,12-13,18H,4,7,11,14-15H2,1H3. The second kappa shape index (κ2) is 7.70. The fourth-order valence-corrected chi connectivity index (χ4v) is 3.70. The molecule has 3 aromatic heterocycles. The second-order valence-electron chi connectivity index (χ2n) is 7.03. The van der Waals surface area contributed by atoms with Gasteiger partial charge in [0.25, 0.3) is 5.91 Å². The maximum absolute atomic E-state index is 12.9. The number of aryl methyl sites for hydroxylation is 1. The van der Waals surface area contributed by atoms with Gasteiger partial charge in [0, 0.05) is 49.5 Å². The van der Waals surface area contributed by atoms with E-state index in [2.05, 4.69) is 25.6 Å². The van der Waals surface area contributed by atoms with Gasteiger partial charge in [0.1, 0.15) is 11.5 Å². The predicted molar refractivity (Wildman–Crippen MR) is 102 cm³/mol. The molecule has 0 N–H and O–H groups in total. The number of hydrogen-bond acceptors (Lipinski definition) is 4. The van der Waals surface area contributed by atoms with Crippen LogP contribution in [0.25, 0.3) is 0 Å². The van der Waals surface area contributed by atoms with Crippen molar-refractivity contribution in [1.82, 2.24) is 24.4 Å². The summed E-state index contributed by atoms with van der Waals surface area (Å²) in [6.07, 6.45) is 9.52. The van der Waals surface area contributed by atoms with Gasteiger partial charge in [-0.15, -0.1) is 0 Å². The predicted octanol–water partition coefficient (Wildman–Crippen LogP) is 3.05. The van der Waals surface area contributed by atoms with E-state index in [9.17, 15) is 4.79 Å². The molecule has 6 heteroatoms. The lowest BCUT2D eigenvalue weighted by atomic mass is 9.96. The number of likely N-dealkylation sites (tertiary alicyclic amines) is 1. The first-order valence-electron chi connectivity index (χ1n) is 9.33. The summed E-state index contributed by atoms with van der Waals surface area (Å²) < 4.78 is 2.17. The molecule has 27 heavy (non-hydrogen) atoms. The van der Waals surface area contributed by atoms with Crippen LogP contribution in [0.5, 0.6) is 0 Å². The zero-order chi connectivity index (χ0) is 18.6. The fraction of sp³-hybridized carbons (Fsp3) is 0.333. The SMILES string of the molecule is Cc1cccc(C(=O)N2CCCC(c3nccn3Cc3cccnc3)C2)n1. The van der Waals surface area contributed by atoms with Crippen LogP contribution in [0.3, 0.4) is 0 Å². The van der Waals surface area contributed by atoms with Crippen LogP contribution in [0, 0.1) is 6.92 Å². The molecule has 0 spiro atoms. The van der Waals surface area contributed by atoms with E-state index in [1.165, 1.54) is 0 Å². The molecule has 0 aliphatic carbocycles. The van der Waals surface area contributed by atoms with Gasteiger partial charge in [0.2, 0.25) is 0 Å². The number of hydrogen-bond donors (Lipinski definition) is 0. The van der Waals surface area contributed by atoms with Gasteiger partial charge in [0.05, 0.1) is 6.54 Å². The van der Waals surface area contributed by atoms with E-state index in [1.807, 2.05) is 48.6 Å². The summed E-state index contributed by atoms with van der Waals surface area (Å²) in [5, 5.41) is 0. The molecule has 1 fully saturated rings. The van der Waals surface area contributed by atoms with E-state index in [-0.39, 0.29) is 11.8 Å². The Hall–Kier alpha value is -3.02. The number of carbonyl (C=O) groups is 1. The largest absolute Gasteiger partial charge is 0.337 e. The molecular weight excluding hydrogens is 338 g/mol. The number of pyridine rings is 2. The molecule has 1 aliphatic heterocycles. The maximum Gasteiger partial charge on any atom is 0.272 e. The summed E-state index contributed by atoms with van der Waals surface area (Å²) in [5.41, 5.74) is 2.53. The number of nitrogens with zero attached hydrogens (tertiary/aromatic N) is 5. The molecule has 0 radical (unpaired) electrons. The Balaban J connectivity index is 1.51. The molecule has 1 saturated heterocycles. The highest BCUT2D eigenvalue weighted by Crippen LogP contribution is 2.27. The van der Waals surface area contributed by atoms with Crippen molar-refractivity contribution in [1.29, 1.82) is 0 Å². The summed E-state index contributed by atoms with van der Waals surface area (Å²) in [6.45, 7) is 4.10. The number of carbonyl (C=O) groups excluding carboxylic acids is 1. The first kappa shape index (κ1) is 17.4. The van der Waals surface area contributed by atoms with E-state index in [0.29, 0.717) is 12.2 Å². The smallest absolute Gasteiger partial charge is 0.272 e. The van der Waals surface area contributed by atoms with Crippen LogP contribution in [0.4, 0.5) is 0 Å². The lowest BCUT2D eigenvalue weighted by Crippen LogP contribution is -2.40. The van der Waals surface area contributed by atoms with E-state index >= 15 is 0 Å². The Kier molecular flexibility index (Phi) is 4.96. The van der Waals surface area contributed by atoms with Gasteiger partial charge in [-0.2, -0.15) is 0 Å². The van der Waals surface area contributed by atoms with Crippen LogP contribution >= 0.6 is 0 Å². The highest BCUT2D eigenvalue weighted by molar-refractivity contribution is 5.92. The molecule has 1 aliphatic rings. The Bertz CT molecular complexity index is 921. The van der Waals surface area contributed by atoms with Crippen molar-refractivity contribution in [3.05, 3.63) is 77.9 Å². The third-order valence-corrected chi connectivity index (χ3v) is 5.00. The summed E-state index contributed by atoms with van der Waals surface area (Å²) in [6, 6.07) is 9.60. The molecule has 4 heterocycles. The van der Waals surface area contributed by atoms with Crippen molar-refractivity contribution in [3.63, 3.8) is 0 Å². The zero-order valence-electron chi connectivity index (χ0n) is 15.5. The normalized spacial score (nSPS) is 17.1. The molecule has 0 saturated carbocycles. The summed E-state index contributed by atoms with van der Waals surface area (Å²) in [5.74, 6) is 1.28. The number of aromatic nitrogens is 4. The minimum Gasteiger partial charge on any atom is -0.337 e. The molecule has 1 unspecified atom stereocenters. The first-order chi connectivity index (χ1) is 13.2. The Morgan fingerprint density at radius 3 is 2.96 bits per heavy atom. The van der Waals surface area contributed by atoms with Crippen LogP contribution in [-0.4, -0.2) is 43.4 Å². The third-order valence-electron chi connectivity index (χ3n) is 5.00. The summed E-state index contributed by atoms with van der Waals surface area (Å²) in [7, 11) is 0. The number of imidazole rings is 1. The third kappa shape index (κ3) is 3.89. The van der Waals surface area contributed by atoms with Gasteiger partial charge in [-0.05, 0) is 43.5 Å². The van der Waals surface area contributed by atoms with Crippen molar-refractivity contribution in [2.45, 2.75) is 32.2 Å². The van der Waals surface area contributed by atoms with Crippen molar-refractivity contribution in [2.24, 2.45) is 0 Å². The van der Waals surface area contributed by atoms with Crippen LogP contribution in [0.2, 0.25) is 0 Å². The van der Waals surface area contributed by atoms with Crippen LogP contribution < -0.4 is 0 Å². The van der Waals surface area contributed by atoms with E-state index in [0.717, 1.165) is 43.0 Å². The highest BCUT2D eigenvalue weighted by Gasteiger charge is 2.28. The van der Waals surface area contributed by atoms with Crippen LogP contribution in [-0.2, 0) is 6.54 Å². The molecule has 1 amide bonds. The molecule has 0 bridgehead atoms. The lowest BCUT2D eigenvalue weighted by molar-refractivity contribution is 0.0697. The van der Waals surface area contributed by atoms with Gasteiger partial charge >= 0.3 is 0 Å². The van der Waals surface area contributed by atoms with Crippen molar-refractivity contribution >= 4 is 5.91 Å². The van der Waals surface area contributed by atoms with Gasteiger partial charge in [-0.25, -0.2) is 9.97 Å². The molecule has 138 valence electrons. The van der Waals surface area contributed by atoms with Gasteiger partial charge in [-0.1, -0.05) is 12.1 Å². The molecule has 4 rings (SSSR count). The van der Waals surface area contributed by atoms with Gasteiger partial charge in [-0.3, -0.25) is 9.78 Å². The van der Waals surface area contributed by atoms with Crippen LogP contribution in [0.1, 0.15) is 46.3 Å². The van der Waals surface area contributed by atoms with Crippen molar-refractivity contribution < 1.29 is 4.79 Å². The van der Waals surface area contributed by atoms with E-state index in [1.54, 1.807) is 12.3 Å². The molecular formula is C21H23N5O. The average Bonchev–Trinajstić information content (AvgIpc) is 3.16. The van der Waals surface area contributed by atoms with Gasteiger partial charge in [0.15, 0.2) is 0 Å². The minimum atomic E-state index is 0.00812. The highest BCUT2D eigenvalue weighted by atomic mass is 16.2. The topological polar surface area (TPSA) is 63.9 Å². The van der Waals surface area contributed by atoms with Gasteiger partial charge < -0.3 is 9.47 Å². The number of piperidine rings is 1. The van der Waals surface area contributed by atoms with Crippen molar-refractivity contribution in [2.75, 3.05) is 13.1 Å². The lowest BCUT2D eigenvalue weighted by Gasteiger charge is -2.32. The quantitative estimate of drug-likeness (QED) is 0.716. The Morgan fingerprint density at radius 1 is 1.22 bits per heavy atom. The molecule has 6 nitrogen and oxygen atoms in total. The fourth-order valence-electron chi connectivity index (χ4n) is 3.70. The summed E-state index contributed by atoms with van der Waals surface area (Å²) in [4.78, 5) is 28.0. The molecule has 3 aromatic rings. The second-order valence-corrected chi connectivity index (χ2v) is 7.03. The minimum absolute atomic E-state index is 0.00812. The number of amides is 1. The summed E-state index contributed by atoms with van der Waals surface area (Å²) >= 11 is 0. The Morgan fingerprint density at radius 2 is 2.15 bits per heavy atom. The van der Waals surface area contributed by atoms with Crippen LogP contribution in [0.15, 0.2) is 55.1 Å². The Labute approximate surface area is 158 Å². The average molecular weight is 361 g/mol. The van der Waals surface area contributed by atoms with Crippen molar-refractivity contribution in [3.8, 4) is 0 Å².